The van der Waals surface area contributed by atoms with E-state index in [9.17, 15) is 9.59 Å². The molecule has 1 aromatic rings. The molecule has 1 amide bonds. The van der Waals surface area contributed by atoms with E-state index in [-0.39, 0.29) is 5.91 Å². The van der Waals surface area contributed by atoms with Gasteiger partial charge < -0.3 is 15.3 Å². The van der Waals surface area contributed by atoms with Crippen LogP contribution in [-0.4, -0.2) is 41.1 Å². The predicted octanol–water partition coefficient (Wildman–Crippen LogP) is 1.27. The summed E-state index contributed by atoms with van der Waals surface area (Å²) in [6.07, 6.45) is 3.86. The molecule has 0 bridgehead atoms. The van der Waals surface area contributed by atoms with E-state index in [1.54, 1.807) is 17.0 Å². The van der Waals surface area contributed by atoms with Crippen LogP contribution in [0.1, 0.15) is 36.5 Å². The third-order valence-corrected chi connectivity index (χ3v) is 3.38. The number of amides is 1. The molecule has 20 heavy (non-hydrogen) atoms. The smallest absolute Gasteiger partial charge is 0.326 e. The summed E-state index contributed by atoms with van der Waals surface area (Å²) in [7, 11) is 0. The first-order chi connectivity index (χ1) is 9.63. The minimum atomic E-state index is -0.825. The predicted molar refractivity (Wildman–Crippen MR) is 74.9 cm³/mol. The van der Waals surface area contributed by atoms with Crippen molar-refractivity contribution in [3.63, 3.8) is 0 Å². The molecule has 0 saturated carbocycles. The summed E-state index contributed by atoms with van der Waals surface area (Å²) >= 11 is 0. The monoisotopic (exact) mass is 277 g/mol. The Balaban J connectivity index is 2.08. The van der Waals surface area contributed by atoms with Crippen LogP contribution >= 0.6 is 0 Å². The van der Waals surface area contributed by atoms with Crippen molar-refractivity contribution < 1.29 is 14.7 Å². The Morgan fingerprint density at radius 3 is 2.90 bits per heavy atom. The van der Waals surface area contributed by atoms with Crippen LogP contribution in [0, 0.1) is 0 Å². The number of nitrogens with zero attached hydrogens (tertiary/aromatic N) is 2. The Morgan fingerprint density at radius 2 is 2.30 bits per heavy atom. The lowest BCUT2D eigenvalue weighted by Gasteiger charge is -2.22. The summed E-state index contributed by atoms with van der Waals surface area (Å²) in [5.74, 6) is -0.363. The molecular formula is C14H19N3O3. The van der Waals surface area contributed by atoms with Crippen LogP contribution in [0.3, 0.4) is 0 Å². The number of aromatic nitrogens is 1. The second-order valence-electron chi connectivity index (χ2n) is 4.85. The summed E-state index contributed by atoms with van der Waals surface area (Å²) < 4.78 is 0. The SMILES string of the molecule is CCCNC(=O)c1ccc(N2CCC[C@H]2C(=O)O)nc1. The molecule has 0 unspecified atom stereocenters. The summed E-state index contributed by atoms with van der Waals surface area (Å²) in [4.78, 5) is 28.9. The third kappa shape index (κ3) is 3.07. The number of rotatable bonds is 5. The highest BCUT2D eigenvalue weighted by atomic mass is 16.4. The molecular weight excluding hydrogens is 258 g/mol. The number of hydrogen-bond acceptors (Lipinski definition) is 4. The van der Waals surface area contributed by atoms with Gasteiger partial charge in [0.1, 0.15) is 11.9 Å². The van der Waals surface area contributed by atoms with Crippen LogP contribution in [0.5, 0.6) is 0 Å². The molecule has 1 aliphatic rings. The number of anilines is 1. The van der Waals surface area contributed by atoms with Gasteiger partial charge in [0.15, 0.2) is 0 Å². The zero-order chi connectivity index (χ0) is 14.5. The maximum Gasteiger partial charge on any atom is 0.326 e. The first kappa shape index (κ1) is 14.3. The van der Waals surface area contributed by atoms with Crippen LogP contribution in [0.15, 0.2) is 18.3 Å². The van der Waals surface area contributed by atoms with Crippen molar-refractivity contribution in [1.29, 1.82) is 0 Å². The lowest BCUT2D eigenvalue weighted by molar-refractivity contribution is -0.138. The quantitative estimate of drug-likeness (QED) is 0.847. The number of hydrogen-bond donors (Lipinski definition) is 2. The molecule has 0 aromatic carbocycles. The minimum Gasteiger partial charge on any atom is -0.480 e. The van der Waals surface area contributed by atoms with E-state index >= 15 is 0 Å². The second kappa shape index (κ2) is 6.36. The van der Waals surface area contributed by atoms with Crippen molar-refractivity contribution in [2.24, 2.45) is 0 Å². The molecule has 2 N–H and O–H groups in total. The summed E-state index contributed by atoms with van der Waals surface area (Å²) in [6, 6.07) is 2.88. The number of nitrogens with one attached hydrogen (secondary N) is 1. The van der Waals surface area contributed by atoms with Gasteiger partial charge >= 0.3 is 5.97 Å². The Kier molecular flexibility index (Phi) is 4.55. The molecule has 0 aliphatic carbocycles. The van der Waals surface area contributed by atoms with Gasteiger partial charge in [-0.1, -0.05) is 6.92 Å². The molecule has 2 heterocycles. The first-order valence-electron chi connectivity index (χ1n) is 6.87. The Hall–Kier alpha value is -2.11. The standard InChI is InChI=1S/C14H19N3O3/c1-2-7-15-13(18)10-5-6-12(16-9-10)17-8-3-4-11(17)14(19)20/h5-6,9,11H,2-4,7-8H2,1H3,(H,15,18)(H,19,20)/t11-/m0/s1. The molecule has 2 rings (SSSR count). The van der Waals surface area contributed by atoms with Gasteiger partial charge in [-0.05, 0) is 31.4 Å². The third-order valence-electron chi connectivity index (χ3n) is 3.38. The van der Waals surface area contributed by atoms with Gasteiger partial charge in [-0.15, -0.1) is 0 Å². The minimum absolute atomic E-state index is 0.151. The zero-order valence-electron chi connectivity index (χ0n) is 11.5. The average Bonchev–Trinajstić information content (AvgIpc) is 2.94. The van der Waals surface area contributed by atoms with E-state index < -0.39 is 12.0 Å². The first-order valence-corrected chi connectivity index (χ1v) is 6.87. The summed E-state index contributed by atoms with van der Waals surface area (Å²) in [5, 5.41) is 11.9. The largest absolute Gasteiger partial charge is 0.480 e. The van der Waals surface area contributed by atoms with Crippen molar-refractivity contribution in [3.05, 3.63) is 23.9 Å². The molecule has 1 aliphatic heterocycles. The van der Waals surface area contributed by atoms with Crippen LogP contribution in [0.2, 0.25) is 0 Å². The molecule has 1 aromatic heterocycles. The lowest BCUT2D eigenvalue weighted by atomic mass is 10.2. The molecule has 0 radical (unpaired) electrons. The average molecular weight is 277 g/mol. The van der Waals surface area contributed by atoms with E-state index in [1.165, 1.54) is 6.20 Å². The van der Waals surface area contributed by atoms with Crippen LogP contribution in [0.4, 0.5) is 5.82 Å². The Labute approximate surface area is 117 Å². The van der Waals surface area contributed by atoms with Crippen molar-refractivity contribution in [2.75, 3.05) is 18.0 Å². The second-order valence-corrected chi connectivity index (χ2v) is 4.85. The maximum atomic E-state index is 11.7. The molecule has 6 nitrogen and oxygen atoms in total. The highest BCUT2D eigenvalue weighted by Gasteiger charge is 2.31. The highest BCUT2D eigenvalue weighted by Crippen LogP contribution is 2.23. The van der Waals surface area contributed by atoms with Crippen molar-refractivity contribution >= 4 is 17.7 Å². The molecule has 1 saturated heterocycles. The van der Waals surface area contributed by atoms with E-state index in [4.69, 9.17) is 5.11 Å². The van der Waals surface area contributed by atoms with E-state index in [2.05, 4.69) is 10.3 Å². The van der Waals surface area contributed by atoms with E-state index in [0.29, 0.717) is 30.9 Å². The number of carboxylic acids is 1. The van der Waals surface area contributed by atoms with Crippen molar-refractivity contribution in [1.82, 2.24) is 10.3 Å². The van der Waals surface area contributed by atoms with E-state index in [1.807, 2.05) is 6.92 Å². The fourth-order valence-electron chi connectivity index (χ4n) is 2.33. The summed E-state index contributed by atoms with van der Waals surface area (Å²) in [5.41, 5.74) is 0.494. The Morgan fingerprint density at radius 1 is 1.50 bits per heavy atom. The van der Waals surface area contributed by atoms with Gasteiger partial charge in [0.25, 0.3) is 5.91 Å². The highest BCUT2D eigenvalue weighted by molar-refractivity contribution is 5.94. The number of aliphatic carboxylic acids is 1. The molecule has 6 heteroatoms. The van der Waals surface area contributed by atoms with Crippen LogP contribution < -0.4 is 10.2 Å². The van der Waals surface area contributed by atoms with Gasteiger partial charge in [0, 0.05) is 19.3 Å². The fourth-order valence-corrected chi connectivity index (χ4v) is 2.33. The summed E-state index contributed by atoms with van der Waals surface area (Å²) in [6.45, 7) is 3.31. The molecule has 1 fully saturated rings. The number of pyridine rings is 1. The number of carbonyl (C=O) groups excluding carboxylic acids is 1. The van der Waals surface area contributed by atoms with Crippen molar-refractivity contribution in [2.45, 2.75) is 32.2 Å². The molecule has 108 valence electrons. The van der Waals surface area contributed by atoms with Gasteiger partial charge in [-0.3, -0.25) is 4.79 Å². The van der Waals surface area contributed by atoms with E-state index in [0.717, 1.165) is 12.8 Å². The van der Waals surface area contributed by atoms with Crippen molar-refractivity contribution in [3.8, 4) is 0 Å². The van der Waals surface area contributed by atoms with Gasteiger partial charge in [0.05, 0.1) is 5.56 Å². The van der Waals surface area contributed by atoms with Crippen LogP contribution in [-0.2, 0) is 4.79 Å². The normalized spacial score (nSPS) is 18.1. The fraction of sp³-hybridized carbons (Fsp3) is 0.500. The lowest BCUT2D eigenvalue weighted by Crippen LogP contribution is -2.36. The van der Waals surface area contributed by atoms with Gasteiger partial charge in [-0.25, -0.2) is 9.78 Å². The van der Waals surface area contributed by atoms with Gasteiger partial charge in [-0.2, -0.15) is 0 Å². The maximum absolute atomic E-state index is 11.7. The Bertz CT molecular complexity index is 487. The zero-order valence-corrected chi connectivity index (χ0v) is 11.5. The van der Waals surface area contributed by atoms with Crippen LogP contribution in [0.25, 0.3) is 0 Å². The number of carboxylic acid groups (broad SMARTS) is 1. The topological polar surface area (TPSA) is 82.5 Å². The van der Waals surface area contributed by atoms with Gasteiger partial charge in [0.2, 0.25) is 0 Å². The number of carbonyl (C=O) groups is 2. The molecule has 1 atom stereocenters. The molecule has 0 spiro atoms.